The summed E-state index contributed by atoms with van der Waals surface area (Å²) in [6, 6.07) is 0.390. The van der Waals surface area contributed by atoms with Crippen LogP contribution in [0.25, 0.3) is 0 Å². The van der Waals surface area contributed by atoms with Gasteiger partial charge in [-0.05, 0) is 12.8 Å². The molecule has 0 spiro atoms. The normalized spacial score (nSPS) is 31.7. The second kappa shape index (κ2) is 2.05. The average molecular weight is 138 g/mol. The van der Waals surface area contributed by atoms with Crippen molar-refractivity contribution in [2.45, 2.75) is 24.8 Å². The predicted octanol–water partition coefficient (Wildman–Crippen LogP) is 0.00940. The fourth-order valence-electron chi connectivity index (χ4n) is 1.31. The minimum atomic E-state index is 0.390. The van der Waals surface area contributed by atoms with Crippen LogP contribution < -0.4 is 5.73 Å². The van der Waals surface area contributed by atoms with Crippen molar-refractivity contribution < 1.29 is 0 Å². The van der Waals surface area contributed by atoms with Crippen LogP contribution in [0.15, 0.2) is 6.20 Å². The second-order valence-corrected chi connectivity index (χ2v) is 2.82. The smallest absolute Gasteiger partial charge is 0.0856 e. The van der Waals surface area contributed by atoms with E-state index in [1.165, 1.54) is 0 Å². The lowest BCUT2D eigenvalue weighted by molar-refractivity contribution is 0.345. The fourth-order valence-corrected chi connectivity index (χ4v) is 1.31. The molecule has 1 heterocycles. The summed E-state index contributed by atoms with van der Waals surface area (Å²) in [5.74, 6) is 0.564. The van der Waals surface area contributed by atoms with E-state index in [0.717, 1.165) is 18.5 Å². The van der Waals surface area contributed by atoms with Crippen molar-refractivity contribution in [3.8, 4) is 0 Å². The van der Waals surface area contributed by atoms with Gasteiger partial charge < -0.3 is 5.73 Å². The number of H-pyrrole nitrogens is 1. The molecule has 0 aliphatic heterocycles. The monoisotopic (exact) mass is 138 g/mol. The molecule has 1 aromatic heterocycles. The first-order chi connectivity index (χ1) is 4.86. The molecule has 0 aromatic carbocycles. The molecule has 4 heteroatoms. The minimum absolute atomic E-state index is 0.390. The van der Waals surface area contributed by atoms with E-state index in [-0.39, 0.29) is 0 Å². The topological polar surface area (TPSA) is 67.6 Å². The highest BCUT2D eigenvalue weighted by atomic mass is 15.3. The number of nitrogens with zero attached hydrogens (tertiary/aromatic N) is 2. The van der Waals surface area contributed by atoms with Gasteiger partial charge in [0.05, 0.1) is 11.9 Å². The molecule has 0 radical (unpaired) electrons. The summed E-state index contributed by atoms with van der Waals surface area (Å²) in [4.78, 5) is 0. The Balaban J connectivity index is 2.04. The van der Waals surface area contributed by atoms with Crippen LogP contribution in [0.5, 0.6) is 0 Å². The van der Waals surface area contributed by atoms with E-state index >= 15 is 0 Å². The van der Waals surface area contributed by atoms with Gasteiger partial charge in [0.2, 0.25) is 0 Å². The Morgan fingerprint density at radius 2 is 2.40 bits per heavy atom. The predicted molar refractivity (Wildman–Crippen MR) is 36.3 cm³/mol. The number of rotatable bonds is 1. The molecule has 1 aliphatic rings. The zero-order chi connectivity index (χ0) is 6.97. The van der Waals surface area contributed by atoms with Crippen LogP contribution in [0.3, 0.4) is 0 Å². The zero-order valence-electron chi connectivity index (χ0n) is 5.62. The maximum atomic E-state index is 5.62. The maximum absolute atomic E-state index is 5.62. The summed E-state index contributed by atoms with van der Waals surface area (Å²) >= 11 is 0. The molecule has 1 fully saturated rings. The maximum Gasteiger partial charge on any atom is 0.0856 e. The third-order valence-electron chi connectivity index (χ3n) is 2.03. The molecule has 10 heavy (non-hydrogen) atoms. The molecule has 0 amide bonds. The summed E-state index contributed by atoms with van der Waals surface area (Å²) in [6.07, 6.45) is 3.90. The van der Waals surface area contributed by atoms with E-state index < -0.39 is 0 Å². The molecular weight excluding hydrogens is 128 g/mol. The van der Waals surface area contributed by atoms with Crippen molar-refractivity contribution in [2.24, 2.45) is 5.73 Å². The highest BCUT2D eigenvalue weighted by Gasteiger charge is 2.28. The average Bonchev–Trinajstić information content (AvgIpc) is 2.31. The van der Waals surface area contributed by atoms with Crippen LogP contribution in [-0.4, -0.2) is 21.5 Å². The van der Waals surface area contributed by atoms with Gasteiger partial charge in [0.15, 0.2) is 0 Å². The van der Waals surface area contributed by atoms with Gasteiger partial charge in [-0.2, -0.15) is 15.4 Å². The Hall–Kier alpha value is -0.900. The Bertz CT molecular complexity index is 200. The number of aromatic nitrogens is 3. The van der Waals surface area contributed by atoms with Crippen molar-refractivity contribution in [1.29, 1.82) is 0 Å². The number of hydrogen-bond acceptors (Lipinski definition) is 3. The van der Waals surface area contributed by atoms with Gasteiger partial charge in [-0.3, -0.25) is 0 Å². The van der Waals surface area contributed by atoms with Gasteiger partial charge in [-0.15, -0.1) is 0 Å². The Morgan fingerprint density at radius 1 is 1.60 bits per heavy atom. The third-order valence-corrected chi connectivity index (χ3v) is 2.03. The van der Waals surface area contributed by atoms with Gasteiger partial charge in [0, 0.05) is 12.0 Å². The fraction of sp³-hybridized carbons (Fsp3) is 0.667. The first-order valence-electron chi connectivity index (χ1n) is 3.47. The van der Waals surface area contributed by atoms with Crippen LogP contribution in [0, 0.1) is 0 Å². The van der Waals surface area contributed by atoms with E-state index in [1.807, 2.05) is 0 Å². The van der Waals surface area contributed by atoms with Gasteiger partial charge in [0.1, 0.15) is 0 Å². The van der Waals surface area contributed by atoms with Gasteiger partial charge in [-0.25, -0.2) is 0 Å². The zero-order valence-corrected chi connectivity index (χ0v) is 5.62. The molecule has 1 aromatic rings. The van der Waals surface area contributed by atoms with Gasteiger partial charge in [-0.1, -0.05) is 0 Å². The lowest BCUT2D eigenvalue weighted by atomic mass is 9.79. The van der Waals surface area contributed by atoms with Crippen molar-refractivity contribution in [3.63, 3.8) is 0 Å². The standard InChI is InChI=1S/C6H10N4/c7-5-1-4(2-5)6-3-8-10-9-6/h3-5H,1-2,7H2,(H,8,9,10). The molecule has 0 unspecified atom stereocenters. The van der Waals surface area contributed by atoms with Crippen LogP contribution in [0.1, 0.15) is 24.5 Å². The molecule has 4 nitrogen and oxygen atoms in total. The molecule has 1 saturated carbocycles. The quantitative estimate of drug-likeness (QED) is 0.574. The van der Waals surface area contributed by atoms with Crippen molar-refractivity contribution in [3.05, 3.63) is 11.9 Å². The van der Waals surface area contributed by atoms with Crippen molar-refractivity contribution in [1.82, 2.24) is 15.4 Å². The number of nitrogens with two attached hydrogens (primary N) is 1. The SMILES string of the molecule is NC1CC(c2cn[nH]n2)C1. The van der Waals surface area contributed by atoms with E-state index in [4.69, 9.17) is 5.73 Å². The minimum Gasteiger partial charge on any atom is -0.328 e. The summed E-state index contributed by atoms with van der Waals surface area (Å²) in [5, 5.41) is 10.3. The highest BCUT2D eigenvalue weighted by Crippen LogP contribution is 2.33. The molecule has 54 valence electrons. The summed E-state index contributed by atoms with van der Waals surface area (Å²) in [7, 11) is 0. The molecule has 3 N–H and O–H groups in total. The lowest BCUT2D eigenvalue weighted by Gasteiger charge is -2.30. The molecule has 0 saturated heterocycles. The molecular formula is C6H10N4. The van der Waals surface area contributed by atoms with Crippen LogP contribution in [0.2, 0.25) is 0 Å². The largest absolute Gasteiger partial charge is 0.328 e. The van der Waals surface area contributed by atoms with E-state index in [0.29, 0.717) is 12.0 Å². The Labute approximate surface area is 58.8 Å². The van der Waals surface area contributed by atoms with Gasteiger partial charge in [0.25, 0.3) is 0 Å². The number of aromatic amines is 1. The summed E-state index contributed by atoms with van der Waals surface area (Å²) < 4.78 is 0. The molecule has 0 atom stereocenters. The third kappa shape index (κ3) is 0.806. The summed E-state index contributed by atoms with van der Waals surface area (Å²) in [5.41, 5.74) is 6.67. The molecule has 1 aliphatic carbocycles. The Kier molecular flexibility index (Phi) is 1.20. The van der Waals surface area contributed by atoms with E-state index in [9.17, 15) is 0 Å². The van der Waals surface area contributed by atoms with Crippen LogP contribution >= 0.6 is 0 Å². The number of nitrogens with one attached hydrogen (secondary N) is 1. The van der Waals surface area contributed by atoms with E-state index in [2.05, 4.69) is 15.4 Å². The second-order valence-electron chi connectivity index (χ2n) is 2.82. The molecule has 0 bridgehead atoms. The first-order valence-corrected chi connectivity index (χ1v) is 3.47. The van der Waals surface area contributed by atoms with Gasteiger partial charge >= 0.3 is 0 Å². The molecule has 2 rings (SSSR count). The first kappa shape index (κ1) is 5.85. The number of hydrogen-bond donors (Lipinski definition) is 2. The van der Waals surface area contributed by atoms with Crippen molar-refractivity contribution >= 4 is 0 Å². The van der Waals surface area contributed by atoms with Crippen LogP contribution in [-0.2, 0) is 0 Å². The Morgan fingerprint density at radius 3 is 2.90 bits per heavy atom. The van der Waals surface area contributed by atoms with Crippen molar-refractivity contribution in [2.75, 3.05) is 0 Å². The van der Waals surface area contributed by atoms with E-state index in [1.54, 1.807) is 6.20 Å². The highest BCUT2D eigenvalue weighted by molar-refractivity contribution is 5.08. The summed E-state index contributed by atoms with van der Waals surface area (Å²) in [6.45, 7) is 0. The van der Waals surface area contributed by atoms with Crippen LogP contribution in [0.4, 0.5) is 0 Å². The lowest BCUT2D eigenvalue weighted by Crippen LogP contribution is -2.34.